The minimum atomic E-state index is -0.673. The molecule has 0 spiro atoms. The average molecular weight is 299 g/mol. The molecule has 3 unspecified atom stereocenters. The molecule has 4 nitrogen and oxygen atoms in total. The lowest BCUT2D eigenvalue weighted by Gasteiger charge is -2.32. The lowest BCUT2D eigenvalue weighted by Crippen LogP contribution is -2.48. The summed E-state index contributed by atoms with van der Waals surface area (Å²) < 4.78 is 0. The van der Waals surface area contributed by atoms with Crippen LogP contribution in [-0.4, -0.2) is 34.4 Å². The van der Waals surface area contributed by atoms with E-state index in [-0.39, 0.29) is 12.1 Å². The van der Waals surface area contributed by atoms with E-state index in [9.17, 15) is 9.90 Å². The molecule has 1 rings (SSSR count). The highest BCUT2D eigenvalue weighted by Gasteiger charge is 2.24. The Kier molecular flexibility index (Phi) is 9.68. The first kappa shape index (κ1) is 18.4. The van der Waals surface area contributed by atoms with E-state index >= 15 is 0 Å². The quantitative estimate of drug-likeness (QED) is 0.511. The summed E-state index contributed by atoms with van der Waals surface area (Å²) in [7, 11) is 0. The summed E-state index contributed by atoms with van der Waals surface area (Å²) >= 11 is 0. The normalized spacial score (nSPS) is 25.9. The Labute approximate surface area is 129 Å². The maximum absolute atomic E-state index is 10.4. The third-order valence-corrected chi connectivity index (χ3v) is 4.58. The fourth-order valence-electron chi connectivity index (χ4n) is 3.14. The van der Waals surface area contributed by atoms with Gasteiger partial charge in [-0.1, -0.05) is 44.9 Å². The average Bonchev–Trinajstić information content (AvgIpc) is 2.44. The van der Waals surface area contributed by atoms with Crippen molar-refractivity contribution >= 4 is 5.97 Å². The number of hydrogen-bond acceptors (Lipinski definition) is 3. The number of carboxylic acid groups (broad SMARTS) is 1. The van der Waals surface area contributed by atoms with Crippen LogP contribution >= 0.6 is 0 Å². The van der Waals surface area contributed by atoms with Crippen LogP contribution in [0.2, 0.25) is 0 Å². The van der Waals surface area contributed by atoms with E-state index in [1.165, 1.54) is 44.9 Å². The molecule has 1 saturated heterocycles. The van der Waals surface area contributed by atoms with E-state index in [0.717, 1.165) is 25.7 Å². The maximum Gasteiger partial charge on any atom is 0.303 e. The summed E-state index contributed by atoms with van der Waals surface area (Å²) in [5, 5.41) is 21.7. The zero-order valence-corrected chi connectivity index (χ0v) is 13.5. The second-order valence-electron chi connectivity index (χ2n) is 6.56. The highest BCUT2D eigenvalue weighted by atomic mass is 16.4. The standard InChI is InChI=1S/C17H33NO3/c1-14-16(19)13-12-15(18-14)10-8-6-4-2-3-5-7-9-11-17(20)21/h14-16,18-19H,2-13H2,1H3,(H,20,21). The molecule has 0 aromatic carbocycles. The maximum atomic E-state index is 10.4. The van der Waals surface area contributed by atoms with Crippen molar-refractivity contribution < 1.29 is 15.0 Å². The lowest BCUT2D eigenvalue weighted by atomic mass is 9.93. The third kappa shape index (κ3) is 9.10. The molecule has 3 N–H and O–H groups in total. The number of piperidine rings is 1. The largest absolute Gasteiger partial charge is 0.481 e. The van der Waals surface area contributed by atoms with Crippen molar-refractivity contribution in [1.29, 1.82) is 0 Å². The number of aliphatic carboxylic acids is 1. The van der Waals surface area contributed by atoms with Crippen LogP contribution in [0.25, 0.3) is 0 Å². The van der Waals surface area contributed by atoms with E-state index in [1.807, 2.05) is 0 Å². The van der Waals surface area contributed by atoms with Crippen LogP contribution in [0.5, 0.6) is 0 Å². The highest BCUT2D eigenvalue weighted by Crippen LogP contribution is 2.18. The minimum absolute atomic E-state index is 0.164. The number of nitrogens with one attached hydrogen (secondary N) is 1. The van der Waals surface area contributed by atoms with E-state index in [4.69, 9.17) is 5.11 Å². The van der Waals surface area contributed by atoms with Gasteiger partial charge in [0.1, 0.15) is 0 Å². The van der Waals surface area contributed by atoms with Crippen LogP contribution in [0.15, 0.2) is 0 Å². The van der Waals surface area contributed by atoms with Crippen molar-refractivity contribution in [2.45, 2.75) is 102 Å². The van der Waals surface area contributed by atoms with Crippen molar-refractivity contribution in [2.75, 3.05) is 0 Å². The second kappa shape index (κ2) is 11.0. The molecular weight excluding hydrogens is 266 g/mol. The molecule has 0 aromatic heterocycles. The summed E-state index contributed by atoms with van der Waals surface area (Å²) in [5.74, 6) is -0.673. The number of hydrogen-bond donors (Lipinski definition) is 3. The van der Waals surface area contributed by atoms with Crippen LogP contribution in [0.3, 0.4) is 0 Å². The van der Waals surface area contributed by atoms with Gasteiger partial charge in [0.2, 0.25) is 0 Å². The molecule has 0 radical (unpaired) electrons. The van der Waals surface area contributed by atoms with Gasteiger partial charge in [-0.05, 0) is 32.6 Å². The van der Waals surface area contributed by atoms with Gasteiger partial charge in [0, 0.05) is 18.5 Å². The second-order valence-corrected chi connectivity index (χ2v) is 6.56. The Morgan fingerprint density at radius 1 is 1.00 bits per heavy atom. The van der Waals surface area contributed by atoms with Gasteiger partial charge in [0.25, 0.3) is 0 Å². The van der Waals surface area contributed by atoms with Gasteiger partial charge in [-0.25, -0.2) is 0 Å². The first-order valence-corrected chi connectivity index (χ1v) is 8.75. The molecule has 4 heteroatoms. The first-order chi connectivity index (χ1) is 10.1. The highest BCUT2D eigenvalue weighted by molar-refractivity contribution is 5.66. The predicted molar refractivity (Wildman–Crippen MR) is 85.4 cm³/mol. The van der Waals surface area contributed by atoms with E-state index in [1.54, 1.807) is 0 Å². The summed E-state index contributed by atoms with van der Waals surface area (Å²) in [5.41, 5.74) is 0. The van der Waals surface area contributed by atoms with Gasteiger partial charge < -0.3 is 15.5 Å². The van der Waals surface area contributed by atoms with Gasteiger partial charge in [0.15, 0.2) is 0 Å². The number of aliphatic hydroxyl groups excluding tert-OH is 1. The first-order valence-electron chi connectivity index (χ1n) is 8.75. The van der Waals surface area contributed by atoms with Gasteiger partial charge in [-0.2, -0.15) is 0 Å². The Balaban J connectivity index is 1.83. The number of aliphatic hydroxyl groups is 1. The number of carbonyl (C=O) groups is 1. The fraction of sp³-hybridized carbons (Fsp3) is 0.941. The molecule has 1 heterocycles. The van der Waals surface area contributed by atoms with Crippen molar-refractivity contribution in [3.63, 3.8) is 0 Å². The van der Waals surface area contributed by atoms with Gasteiger partial charge in [0.05, 0.1) is 6.10 Å². The monoisotopic (exact) mass is 299 g/mol. The van der Waals surface area contributed by atoms with Crippen molar-refractivity contribution in [2.24, 2.45) is 0 Å². The van der Waals surface area contributed by atoms with Crippen LogP contribution in [0.4, 0.5) is 0 Å². The Morgan fingerprint density at radius 2 is 1.57 bits per heavy atom. The van der Waals surface area contributed by atoms with Crippen molar-refractivity contribution in [1.82, 2.24) is 5.32 Å². The van der Waals surface area contributed by atoms with Crippen LogP contribution in [0, 0.1) is 0 Å². The SMILES string of the molecule is CC1NC(CCCCCCCCCCC(=O)O)CCC1O. The fourth-order valence-corrected chi connectivity index (χ4v) is 3.14. The molecule has 1 aliphatic heterocycles. The molecule has 0 bridgehead atoms. The summed E-state index contributed by atoms with van der Waals surface area (Å²) in [6.07, 6.45) is 12.9. The molecule has 0 saturated carbocycles. The number of rotatable bonds is 11. The molecule has 1 aliphatic rings. The molecule has 0 aromatic rings. The molecule has 124 valence electrons. The van der Waals surface area contributed by atoms with Gasteiger partial charge in [-0.3, -0.25) is 4.79 Å². The van der Waals surface area contributed by atoms with Crippen molar-refractivity contribution in [3.05, 3.63) is 0 Å². The number of unbranched alkanes of at least 4 members (excludes halogenated alkanes) is 7. The topological polar surface area (TPSA) is 69.6 Å². The smallest absolute Gasteiger partial charge is 0.303 e. The minimum Gasteiger partial charge on any atom is -0.481 e. The Bertz CT molecular complexity index is 283. The van der Waals surface area contributed by atoms with E-state index < -0.39 is 5.97 Å². The Hall–Kier alpha value is -0.610. The van der Waals surface area contributed by atoms with Gasteiger partial charge >= 0.3 is 5.97 Å². The van der Waals surface area contributed by atoms with Crippen LogP contribution in [0.1, 0.15) is 84.0 Å². The summed E-state index contributed by atoms with van der Waals surface area (Å²) in [4.78, 5) is 10.4. The Morgan fingerprint density at radius 3 is 2.14 bits per heavy atom. The summed E-state index contributed by atoms with van der Waals surface area (Å²) in [6.45, 7) is 2.07. The zero-order valence-electron chi connectivity index (χ0n) is 13.5. The number of carboxylic acids is 1. The summed E-state index contributed by atoms with van der Waals surface area (Å²) in [6, 6.07) is 0.842. The molecule has 21 heavy (non-hydrogen) atoms. The van der Waals surface area contributed by atoms with E-state index in [0.29, 0.717) is 12.5 Å². The lowest BCUT2D eigenvalue weighted by molar-refractivity contribution is -0.137. The molecule has 0 aliphatic carbocycles. The van der Waals surface area contributed by atoms with Crippen molar-refractivity contribution in [3.8, 4) is 0 Å². The molecule has 3 atom stereocenters. The zero-order chi connectivity index (χ0) is 15.5. The molecular formula is C17H33NO3. The predicted octanol–water partition coefficient (Wildman–Crippen LogP) is 3.47. The molecule has 0 amide bonds. The van der Waals surface area contributed by atoms with Crippen LogP contribution < -0.4 is 5.32 Å². The third-order valence-electron chi connectivity index (χ3n) is 4.58. The van der Waals surface area contributed by atoms with Gasteiger partial charge in [-0.15, -0.1) is 0 Å². The molecule has 1 fully saturated rings. The van der Waals surface area contributed by atoms with E-state index in [2.05, 4.69) is 12.2 Å². The van der Waals surface area contributed by atoms with Crippen LogP contribution in [-0.2, 0) is 4.79 Å².